The molecule has 1 aromatic rings. The van der Waals surface area contributed by atoms with Crippen LogP contribution in [0.5, 0.6) is 5.75 Å². The molecule has 5 rings (SSSR count). The molecule has 2 aliphatic carbocycles. The van der Waals surface area contributed by atoms with Crippen LogP contribution in [0.15, 0.2) is 18.2 Å². The molecule has 2 heterocycles. The van der Waals surface area contributed by atoms with E-state index in [-0.39, 0.29) is 24.5 Å². The molecule has 144 valence electrons. The maximum absolute atomic E-state index is 12.6. The number of likely N-dealkylation sites (tertiary alicyclic amines) is 1. The average Bonchev–Trinajstić information content (AvgIpc) is 2.88. The number of amides is 3. The molecule has 5 atom stereocenters. The fraction of sp³-hybridized carbons (Fsp3) is 0.579. The molecule has 1 saturated carbocycles. The van der Waals surface area contributed by atoms with Gasteiger partial charge in [-0.2, -0.15) is 0 Å². The predicted octanol–water partition coefficient (Wildman–Crippen LogP) is -0.126. The van der Waals surface area contributed by atoms with E-state index < -0.39 is 34.7 Å². The number of carbonyl (C=O) groups is 2. The Morgan fingerprint density at radius 1 is 1.22 bits per heavy atom. The van der Waals surface area contributed by atoms with Crippen molar-refractivity contribution in [3.63, 3.8) is 0 Å². The molecule has 5 N–H and O–H groups in total. The number of benzene rings is 1. The fourth-order valence-corrected chi connectivity index (χ4v) is 6.19. The average molecular weight is 373 g/mol. The van der Waals surface area contributed by atoms with Gasteiger partial charge in [0.1, 0.15) is 11.3 Å². The molecule has 0 aromatic heterocycles. The quantitative estimate of drug-likeness (QED) is 0.404. The number of carbonyl (C=O) groups excluding carboxylic acids is 2. The molecule has 1 aromatic carbocycles. The highest BCUT2D eigenvalue weighted by Gasteiger charge is 2.70. The van der Waals surface area contributed by atoms with Gasteiger partial charge in [0.05, 0.1) is 17.7 Å². The summed E-state index contributed by atoms with van der Waals surface area (Å²) in [6.45, 7) is 0.630. The number of phenols is 1. The summed E-state index contributed by atoms with van der Waals surface area (Å²) in [6.07, 6.45) is 0.465. The molecule has 0 radical (unpaired) electrons. The second-order valence-electron chi connectivity index (χ2n) is 8.57. The number of rotatable bonds is 0. The number of phenolic OH excluding ortho intramolecular Hbond substituents is 1. The summed E-state index contributed by atoms with van der Waals surface area (Å²) in [7, 11) is 1.88. The van der Waals surface area contributed by atoms with E-state index >= 15 is 0 Å². The Morgan fingerprint density at radius 3 is 2.70 bits per heavy atom. The highest BCUT2D eigenvalue weighted by Crippen LogP contribution is 2.62. The Balaban J connectivity index is 1.75. The van der Waals surface area contributed by atoms with E-state index in [1.54, 1.807) is 12.1 Å². The molecule has 2 saturated heterocycles. The zero-order valence-electron chi connectivity index (χ0n) is 15.0. The van der Waals surface area contributed by atoms with Gasteiger partial charge in [-0.15, -0.1) is 0 Å². The summed E-state index contributed by atoms with van der Waals surface area (Å²) >= 11 is 0. The van der Waals surface area contributed by atoms with Gasteiger partial charge < -0.3 is 20.6 Å². The summed E-state index contributed by atoms with van der Waals surface area (Å²) < 4.78 is 0. The fourth-order valence-electron chi connectivity index (χ4n) is 6.19. The molecule has 5 unspecified atom stereocenters. The smallest absolute Gasteiger partial charge is 0.322 e. The lowest BCUT2D eigenvalue weighted by atomic mass is 9.46. The van der Waals surface area contributed by atoms with Crippen LogP contribution in [0.1, 0.15) is 42.9 Å². The highest BCUT2D eigenvalue weighted by molar-refractivity contribution is 6.07. The number of hydrogen-bond acceptors (Lipinski definition) is 6. The van der Waals surface area contributed by atoms with Crippen LogP contribution in [0.3, 0.4) is 0 Å². The van der Waals surface area contributed by atoms with Crippen molar-refractivity contribution in [3.05, 3.63) is 29.3 Å². The van der Waals surface area contributed by atoms with E-state index in [1.807, 2.05) is 11.9 Å². The first kappa shape index (κ1) is 17.0. The number of imide groups is 1. The number of nitrogens with one attached hydrogen (secondary N) is 2. The first-order chi connectivity index (χ1) is 12.7. The zero-order valence-corrected chi connectivity index (χ0v) is 15.0. The Morgan fingerprint density at radius 2 is 2.00 bits per heavy atom. The number of aliphatic hydroxyl groups excluding tert-OH is 1. The molecule has 4 aliphatic rings. The van der Waals surface area contributed by atoms with Crippen molar-refractivity contribution in [3.8, 4) is 5.75 Å². The number of hydrogen-bond donors (Lipinski definition) is 5. The van der Waals surface area contributed by atoms with E-state index in [1.165, 1.54) is 6.07 Å². The van der Waals surface area contributed by atoms with Gasteiger partial charge in [0.15, 0.2) is 0 Å². The van der Waals surface area contributed by atoms with Gasteiger partial charge in [0.2, 0.25) is 0 Å². The molecule has 27 heavy (non-hydrogen) atoms. The summed E-state index contributed by atoms with van der Waals surface area (Å²) in [6, 6.07) is 3.79. The molecule has 1 spiro atoms. The van der Waals surface area contributed by atoms with Crippen LogP contribution in [0.4, 0.5) is 4.79 Å². The summed E-state index contributed by atoms with van der Waals surface area (Å²) in [5.41, 5.74) is -1.84. The second-order valence-corrected chi connectivity index (χ2v) is 8.57. The number of urea groups is 1. The Hall–Kier alpha value is -2.16. The van der Waals surface area contributed by atoms with Crippen molar-refractivity contribution in [1.29, 1.82) is 0 Å². The molecule has 8 heteroatoms. The van der Waals surface area contributed by atoms with Gasteiger partial charge in [0, 0.05) is 5.41 Å². The van der Waals surface area contributed by atoms with Crippen molar-refractivity contribution < 1.29 is 24.9 Å². The minimum atomic E-state index is -1.26. The van der Waals surface area contributed by atoms with Gasteiger partial charge in [-0.1, -0.05) is 6.07 Å². The van der Waals surface area contributed by atoms with Crippen LogP contribution in [-0.2, 0) is 10.2 Å². The minimum Gasteiger partial charge on any atom is -0.508 e. The first-order valence-electron chi connectivity index (χ1n) is 9.30. The van der Waals surface area contributed by atoms with E-state index in [4.69, 9.17) is 0 Å². The normalized spacial score (nSPS) is 43.1. The number of fused-ring (bicyclic) bond motifs is 1. The number of nitrogens with zero attached hydrogens (tertiary/aromatic N) is 1. The lowest BCUT2D eigenvalue weighted by Crippen LogP contribution is -2.76. The van der Waals surface area contributed by atoms with Crippen LogP contribution >= 0.6 is 0 Å². The van der Waals surface area contributed by atoms with Gasteiger partial charge in [-0.25, -0.2) is 4.79 Å². The Kier molecular flexibility index (Phi) is 3.15. The van der Waals surface area contributed by atoms with Gasteiger partial charge in [0.25, 0.3) is 5.91 Å². The predicted molar refractivity (Wildman–Crippen MR) is 94.0 cm³/mol. The molecule has 2 bridgehead atoms. The van der Waals surface area contributed by atoms with Gasteiger partial charge in [-0.3, -0.25) is 15.0 Å². The van der Waals surface area contributed by atoms with Crippen LogP contribution in [0.2, 0.25) is 0 Å². The zero-order chi connectivity index (χ0) is 19.2. The number of aromatic hydroxyl groups is 1. The Labute approximate surface area is 156 Å². The third-order valence-electron chi connectivity index (χ3n) is 7.41. The van der Waals surface area contributed by atoms with E-state index in [0.29, 0.717) is 30.5 Å². The minimum absolute atomic E-state index is 0.0505. The number of piperidine rings is 1. The standard InChI is InChI=1S/C19H23N3O5/c1-22-7-6-17-9-18(15(25)20-16(26)21-18)4-5-19(17,27)14(22)13(24)11-3-2-10(23)8-12(11)17/h2-3,8,13-14,23-24,27H,4-7,9H2,1H3,(H2,20,21,25,26). The van der Waals surface area contributed by atoms with Crippen molar-refractivity contribution in [1.82, 2.24) is 15.5 Å². The van der Waals surface area contributed by atoms with E-state index in [9.17, 15) is 24.9 Å². The molecule has 2 aliphatic heterocycles. The van der Waals surface area contributed by atoms with Gasteiger partial charge >= 0.3 is 6.03 Å². The second kappa shape index (κ2) is 5.01. The monoisotopic (exact) mass is 373 g/mol. The van der Waals surface area contributed by atoms with Crippen molar-refractivity contribution in [2.75, 3.05) is 13.6 Å². The summed E-state index contributed by atoms with van der Waals surface area (Å²) in [4.78, 5) is 26.4. The van der Waals surface area contributed by atoms with Crippen molar-refractivity contribution in [2.45, 2.75) is 54.4 Å². The third-order valence-corrected chi connectivity index (χ3v) is 7.41. The SMILES string of the molecule is CN1CCC23CC4(CCC2(O)C1C(O)c1ccc(O)cc13)NC(=O)NC4=O. The maximum atomic E-state index is 12.6. The van der Waals surface area contributed by atoms with Crippen LogP contribution in [0.25, 0.3) is 0 Å². The topological polar surface area (TPSA) is 122 Å². The van der Waals surface area contributed by atoms with E-state index in [2.05, 4.69) is 10.6 Å². The number of aliphatic hydroxyl groups is 2. The van der Waals surface area contributed by atoms with Crippen molar-refractivity contribution in [2.24, 2.45) is 0 Å². The molecular weight excluding hydrogens is 350 g/mol. The molecule has 8 nitrogen and oxygen atoms in total. The van der Waals surface area contributed by atoms with Crippen LogP contribution < -0.4 is 10.6 Å². The van der Waals surface area contributed by atoms with Crippen LogP contribution in [0, 0.1) is 0 Å². The summed E-state index contributed by atoms with van der Waals surface area (Å²) in [5.74, 6) is -0.318. The number of likely N-dealkylation sites (N-methyl/N-ethyl adjacent to an activating group) is 1. The first-order valence-corrected chi connectivity index (χ1v) is 9.30. The van der Waals surface area contributed by atoms with Gasteiger partial charge in [-0.05, 0) is 62.5 Å². The lowest BCUT2D eigenvalue weighted by molar-refractivity contribution is -0.202. The largest absolute Gasteiger partial charge is 0.508 e. The van der Waals surface area contributed by atoms with Crippen molar-refractivity contribution >= 4 is 11.9 Å². The lowest BCUT2D eigenvalue weighted by Gasteiger charge is -2.66. The van der Waals surface area contributed by atoms with Crippen LogP contribution in [-0.4, -0.2) is 62.9 Å². The molecule has 3 fully saturated rings. The Bertz CT molecular complexity index is 875. The van der Waals surface area contributed by atoms with E-state index in [0.717, 1.165) is 0 Å². The third kappa shape index (κ3) is 1.88. The summed E-state index contributed by atoms with van der Waals surface area (Å²) in [5, 5.41) is 38.2. The molecule has 3 amide bonds. The maximum Gasteiger partial charge on any atom is 0.322 e. The highest BCUT2D eigenvalue weighted by atomic mass is 16.3. The molecular formula is C19H23N3O5.